The van der Waals surface area contributed by atoms with Gasteiger partial charge in [0.2, 0.25) is 0 Å². The SMILES string of the molecule is CC(C)CCCOCc1cc(F)cc(C#N)c1. The first-order valence-electron chi connectivity index (χ1n) is 5.89. The number of rotatable bonds is 6. The van der Waals surface area contributed by atoms with Crippen molar-refractivity contribution in [3.63, 3.8) is 0 Å². The van der Waals surface area contributed by atoms with E-state index in [-0.39, 0.29) is 5.82 Å². The van der Waals surface area contributed by atoms with E-state index in [9.17, 15) is 4.39 Å². The van der Waals surface area contributed by atoms with Crippen molar-refractivity contribution in [2.45, 2.75) is 33.3 Å². The second-order valence-corrected chi connectivity index (χ2v) is 4.55. The van der Waals surface area contributed by atoms with Crippen molar-refractivity contribution >= 4 is 0 Å². The maximum absolute atomic E-state index is 13.1. The van der Waals surface area contributed by atoms with Crippen LogP contribution in [0.15, 0.2) is 18.2 Å². The third kappa shape index (κ3) is 5.46. The minimum absolute atomic E-state index is 0.339. The van der Waals surface area contributed by atoms with Gasteiger partial charge in [0.1, 0.15) is 5.82 Å². The highest BCUT2D eigenvalue weighted by molar-refractivity contribution is 5.33. The van der Waals surface area contributed by atoms with Gasteiger partial charge in [0.25, 0.3) is 0 Å². The third-order valence-corrected chi connectivity index (χ3v) is 2.43. The lowest BCUT2D eigenvalue weighted by molar-refractivity contribution is 0.114. The molecule has 1 rings (SSSR count). The van der Waals surface area contributed by atoms with Crippen molar-refractivity contribution in [1.29, 1.82) is 5.26 Å². The molecule has 0 amide bonds. The van der Waals surface area contributed by atoms with Crippen molar-refractivity contribution in [3.05, 3.63) is 35.1 Å². The average Bonchev–Trinajstić information content (AvgIpc) is 2.27. The number of nitrogens with zero attached hydrogens (tertiary/aromatic N) is 1. The number of halogens is 1. The van der Waals surface area contributed by atoms with Crippen LogP contribution in [0, 0.1) is 23.1 Å². The Morgan fingerprint density at radius 1 is 1.35 bits per heavy atom. The quantitative estimate of drug-likeness (QED) is 0.705. The molecule has 2 nitrogen and oxygen atoms in total. The van der Waals surface area contributed by atoms with Crippen LogP contribution in [-0.2, 0) is 11.3 Å². The van der Waals surface area contributed by atoms with Crippen LogP contribution in [0.1, 0.15) is 37.8 Å². The summed E-state index contributed by atoms with van der Waals surface area (Å²) < 4.78 is 18.5. The van der Waals surface area contributed by atoms with E-state index in [1.807, 2.05) is 6.07 Å². The first-order valence-corrected chi connectivity index (χ1v) is 5.89. The van der Waals surface area contributed by atoms with Crippen LogP contribution < -0.4 is 0 Å². The lowest BCUT2D eigenvalue weighted by Gasteiger charge is -2.06. The Morgan fingerprint density at radius 3 is 2.76 bits per heavy atom. The van der Waals surface area contributed by atoms with Crippen LogP contribution >= 0.6 is 0 Å². The average molecular weight is 235 g/mol. The molecule has 0 spiro atoms. The van der Waals surface area contributed by atoms with Crippen molar-refractivity contribution in [3.8, 4) is 6.07 Å². The van der Waals surface area contributed by atoms with E-state index < -0.39 is 0 Å². The Kier molecular flexibility index (Phi) is 5.65. The fraction of sp³-hybridized carbons (Fsp3) is 0.500. The summed E-state index contributed by atoms with van der Waals surface area (Å²) >= 11 is 0. The Hall–Kier alpha value is -1.40. The Morgan fingerprint density at radius 2 is 2.12 bits per heavy atom. The summed E-state index contributed by atoms with van der Waals surface area (Å²) in [6.07, 6.45) is 2.14. The second kappa shape index (κ2) is 7.03. The highest BCUT2D eigenvalue weighted by Crippen LogP contribution is 2.10. The van der Waals surface area contributed by atoms with E-state index in [0.29, 0.717) is 30.3 Å². The van der Waals surface area contributed by atoms with Crippen LogP contribution in [0.2, 0.25) is 0 Å². The molecule has 1 aromatic carbocycles. The topological polar surface area (TPSA) is 33.0 Å². The van der Waals surface area contributed by atoms with Gasteiger partial charge < -0.3 is 4.74 Å². The molecule has 0 aliphatic heterocycles. The molecule has 0 saturated heterocycles. The van der Waals surface area contributed by atoms with Crippen LogP contribution in [-0.4, -0.2) is 6.61 Å². The van der Waals surface area contributed by atoms with Crippen LogP contribution in [0.3, 0.4) is 0 Å². The smallest absolute Gasteiger partial charge is 0.124 e. The molecule has 0 N–H and O–H groups in total. The molecule has 17 heavy (non-hydrogen) atoms. The fourth-order valence-electron chi connectivity index (χ4n) is 1.58. The number of nitriles is 1. The van der Waals surface area contributed by atoms with Gasteiger partial charge in [-0.2, -0.15) is 5.26 Å². The molecule has 0 fully saturated rings. The van der Waals surface area contributed by atoms with Gasteiger partial charge in [0, 0.05) is 6.61 Å². The van der Waals surface area contributed by atoms with Gasteiger partial charge in [0.05, 0.1) is 18.2 Å². The molecule has 0 bridgehead atoms. The summed E-state index contributed by atoms with van der Waals surface area (Å²) in [5, 5.41) is 8.70. The monoisotopic (exact) mass is 235 g/mol. The molecule has 92 valence electrons. The number of hydrogen-bond acceptors (Lipinski definition) is 2. The normalized spacial score (nSPS) is 10.5. The molecule has 0 saturated carbocycles. The molecular weight excluding hydrogens is 217 g/mol. The van der Waals surface area contributed by atoms with Gasteiger partial charge in [-0.1, -0.05) is 13.8 Å². The predicted octanol–water partition coefficient (Wildman–Crippen LogP) is 3.65. The molecule has 1 aromatic rings. The van der Waals surface area contributed by atoms with Gasteiger partial charge in [0.15, 0.2) is 0 Å². The molecule has 3 heteroatoms. The Bertz CT molecular complexity index is 396. The molecule has 0 aromatic heterocycles. The first-order chi connectivity index (χ1) is 8.11. The highest BCUT2D eigenvalue weighted by atomic mass is 19.1. The summed E-state index contributed by atoms with van der Waals surface area (Å²) in [4.78, 5) is 0. The maximum atomic E-state index is 13.1. The Balaban J connectivity index is 2.37. The van der Waals surface area contributed by atoms with E-state index in [0.717, 1.165) is 12.8 Å². The summed E-state index contributed by atoms with van der Waals surface area (Å²) in [7, 11) is 0. The van der Waals surface area contributed by atoms with Crippen molar-refractivity contribution in [1.82, 2.24) is 0 Å². The van der Waals surface area contributed by atoms with Crippen LogP contribution in [0.4, 0.5) is 4.39 Å². The second-order valence-electron chi connectivity index (χ2n) is 4.55. The molecule has 0 atom stereocenters. The van der Waals surface area contributed by atoms with Crippen LogP contribution in [0.25, 0.3) is 0 Å². The maximum Gasteiger partial charge on any atom is 0.124 e. The van der Waals surface area contributed by atoms with E-state index in [2.05, 4.69) is 13.8 Å². The van der Waals surface area contributed by atoms with Crippen molar-refractivity contribution < 1.29 is 9.13 Å². The molecular formula is C14H18FNO. The lowest BCUT2D eigenvalue weighted by Crippen LogP contribution is -1.98. The van der Waals surface area contributed by atoms with Gasteiger partial charge >= 0.3 is 0 Å². The number of benzene rings is 1. The molecule has 0 unspecified atom stereocenters. The van der Waals surface area contributed by atoms with E-state index >= 15 is 0 Å². The number of hydrogen-bond donors (Lipinski definition) is 0. The van der Waals surface area contributed by atoms with Gasteiger partial charge in [-0.05, 0) is 42.5 Å². The standard InChI is InChI=1S/C14H18FNO/c1-11(2)4-3-5-17-10-13-6-12(9-16)7-14(15)8-13/h6-8,11H,3-5,10H2,1-2H3. The molecule has 0 heterocycles. The van der Waals surface area contributed by atoms with E-state index in [1.54, 1.807) is 6.07 Å². The largest absolute Gasteiger partial charge is 0.377 e. The van der Waals surface area contributed by atoms with Crippen molar-refractivity contribution in [2.24, 2.45) is 5.92 Å². The number of ether oxygens (including phenoxy) is 1. The van der Waals surface area contributed by atoms with Gasteiger partial charge in [-0.25, -0.2) is 4.39 Å². The molecule has 0 aliphatic carbocycles. The fourth-order valence-corrected chi connectivity index (χ4v) is 1.58. The zero-order valence-electron chi connectivity index (χ0n) is 10.4. The minimum atomic E-state index is -0.384. The first kappa shape index (κ1) is 13.7. The molecule has 0 radical (unpaired) electrons. The molecule has 0 aliphatic rings. The minimum Gasteiger partial charge on any atom is -0.377 e. The van der Waals surface area contributed by atoms with E-state index in [4.69, 9.17) is 10.00 Å². The lowest BCUT2D eigenvalue weighted by atomic mass is 10.1. The Labute approximate surface area is 102 Å². The highest BCUT2D eigenvalue weighted by Gasteiger charge is 2.01. The third-order valence-electron chi connectivity index (χ3n) is 2.43. The van der Waals surface area contributed by atoms with Gasteiger partial charge in [-0.15, -0.1) is 0 Å². The summed E-state index contributed by atoms with van der Waals surface area (Å²) in [6.45, 7) is 5.39. The summed E-state index contributed by atoms with van der Waals surface area (Å²) in [6, 6.07) is 6.22. The zero-order chi connectivity index (χ0) is 12.7. The van der Waals surface area contributed by atoms with Crippen LogP contribution in [0.5, 0.6) is 0 Å². The predicted molar refractivity (Wildman–Crippen MR) is 64.8 cm³/mol. The van der Waals surface area contributed by atoms with Gasteiger partial charge in [-0.3, -0.25) is 0 Å². The zero-order valence-corrected chi connectivity index (χ0v) is 10.4. The van der Waals surface area contributed by atoms with E-state index in [1.165, 1.54) is 12.1 Å². The summed E-state index contributed by atoms with van der Waals surface area (Å²) in [5.74, 6) is 0.294. The summed E-state index contributed by atoms with van der Waals surface area (Å²) in [5.41, 5.74) is 1.05. The van der Waals surface area contributed by atoms with Crippen molar-refractivity contribution in [2.75, 3.05) is 6.61 Å².